The molecule has 2 heterocycles. The van der Waals surface area contributed by atoms with Gasteiger partial charge >= 0.3 is 0 Å². The van der Waals surface area contributed by atoms with E-state index in [-0.39, 0.29) is 5.91 Å². The molecule has 4 aromatic rings. The highest BCUT2D eigenvalue weighted by molar-refractivity contribution is 5.99. The van der Waals surface area contributed by atoms with Crippen LogP contribution in [-0.4, -0.2) is 39.5 Å². The van der Waals surface area contributed by atoms with E-state index in [2.05, 4.69) is 64.7 Å². The topological polar surface area (TPSA) is 62.5 Å². The van der Waals surface area contributed by atoms with Gasteiger partial charge in [-0.2, -0.15) is 5.10 Å². The van der Waals surface area contributed by atoms with Crippen molar-refractivity contribution in [2.45, 2.75) is 13.1 Å². The molecule has 1 amide bonds. The Morgan fingerprint density at radius 1 is 1.07 bits per heavy atom. The lowest BCUT2D eigenvalue weighted by atomic mass is 9.98. The number of hydrogen-bond acceptors (Lipinski definition) is 4. The van der Waals surface area contributed by atoms with Crippen molar-refractivity contribution in [1.82, 2.24) is 24.8 Å². The normalized spacial score (nSPS) is 11.1. The van der Waals surface area contributed by atoms with Gasteiger partial charge in [0.1, 0.15) is 5.56 Å². The van der Waals surface area contributed by atoms with Crippen molar-refractivity contribution in [3.05, 3.63) is 89.9 Å². The molecule has 4 rings (SSSR count). The molecule has 29 heavy (non-hydrogen) atoms. The molecular formula is C23H23N5O. The lowest BCUT2D eigenvalue weighted by Gasteiger charge is -2.13. The zero-order chi connectivity index (χ0) is 20.2. The predicted molar refractivity (Wildman–Crippen MR) is 113 cm³/mol. The Morgan fingerprint density at radius 2 is 1.86 bits per heavy atom. The van der Waals surface area contributed by atoms with Crippen molar-refractivity contribution in [2.24, 2.45) is 0 Å². The Bertz CT molecular complexity index is 1130. The standard InChI is InChI=1S/C23H23N5O/c1-27(2)16-17-8-10-18(11-9-17)20-7-4-3-6-19(20)14-25-23(29)21-15-26-28-13-5-12-24-22(21)28/h3-13,15H,14,16H2,1-2H3,(H,25,29). The third-order valence-electron chi connectivity index (χ3n) is 4.74. The number of aromatic nitrogens is 3. The van der Waals surface area contributed by atoms with E-state index in [1.807, 2.05) is 18.2 Å². The Balaban J connectivity index is 1.52. The lowest BCUT2D eigenvalue weighted by Crippen LogP contribution is -2.23. The minimum absolute atomic E-state index is 0.185. The number of nitrogens with one attached hydrogen (secondary N) is 1. The SMILES string of the molecule is CN(C)Cc1ccc(-c2ccccc2CNC(=O)c2cnn3cccnc23)cc1. The number of amides is 1. The van der Waals surface area contributed by atoms with Crippen LogP contribution in [0.1, 0.15) is 21.5 Å². The fourth-order valence-corrected chi connectivity index (χ4v) is 3.37. The number of benzene rings is 2. The van der Waals surface area contributed by atoms with E-state index >= 15 is 0 Å². The highest BCUT2D eigenvalue weighted by Gasteiger charge is 2.14. The first kappa shape index (κ1) is 18.8. The van der Waals surface area contributed by atoms with Gasteiger partial charge in [0.05, 0.1) is 6.20 Å². The second-order valence-corrected chi connectivity index (χ2v) is 7.22. The molecule has 6 heteroatoms. The van der Waals surface area contributed by atoms with Gasteiger partial charge in [0.2, 0.25) is 0 Å². The maximum atomic E-state index is 12.7. The summed E-state index contributed by atoms with van der Waals surface area (Å²) in [5, 5.41) is 7.18. The zero-order valence-corrected chi connectivity index (χ0v) is 16.5. The van der Waals surface area contributed by atoms with Crippen molar-refractivity contribution < 1.29 is 4.79 Å². The van der Waals surface area contributed by atoms with Gasteiger partial charge in [0, 0.05) is 25.5 Å². The second-order valence-electron chi connectivity index (χ2n) is 7.22. The molecule has 6 nitrogen and oxygen atoms in total. The van der Waals surface area contributed by atoms with E-state index < -0.39 is 0 Å². The van der Waals surface area contributed by atoms with Crippen LogP contribution in [0.3, 0.4) is 0 Å². The van der Waals surface area contributed by atoms with Crippen LogP contribution in [0.5, 0.6) is 0 Å². The summed E-state index contributed by atoms with van der Waals surface area (Å²) < 4.78 is 1.60. The fraction of sp³-hybridized carbons (Fsp3) is 0.174. The Labute approximate surface area is 169 Å². The van der Waals surface area contributed by atoms with Crippen molar-refractivity contribution in [3.63, 3.8) is 0 Å². The maximum absolute atomic E-state index is 12.7. The number of carbonyl (C=O) groups excluding carboxylic acids is 1. The summed E-state index contributed by atoms with van der Waals surface area (Å²) in [5.74, 6) is -0.185. The molecule has 146 valence electrons. The van der Waals surface area contributed by atoms with E-state index in [1.165, 1.54) is 5.56 Å². The number of hydrogen-bond donors (Lipinski definition) is 1. The Hall–Kier alpha value is -3.51. The molecule has 0 unspecified atom stereocenters. The summed E-state index contributed by atoms with van der Waals surface area (Å²) in [7, 11) is 4.12. The summed E-state index contributed by atoms with van der Waals surface area (Å²) in [6.07, 6.45) is 4.98. The predicted octanol–water partition coefficient (Wildman–Crippen LogP) is 3.39. The monoisotopic (exact) mass is 385 g/mol. The van der Waals surface area contributed by atoms with Crippen LogP contribution in [0.2, 0.25) is 0 Å². The molecule has 0 aliphatic heterocycles. The minimum Gasteiger partial charge on any atom is -0.348 e. The number of nitrogens with zero attached hydrogens (tertiary/aromatic N) is 4. The van der Waals surface area contributed by atoms with Gasteiger partial charge in [0.25, 0.3) is 5.91 Å². The minimum atomic E-state index is -0.185. The molecular weight excluding hydrogens is 362 g/mol. The molecule has 0 saturated heterocycles. The van der Waals surface area contributed by atoms with E-state index in [0.29, 0.717) is 17.8 Å². The first-order chi connectivity index (χ1) is 14.1. The van der Waals surface area contributed by atoms with Gasteiger partial charge in [-0.15, -0.1) is 0 Å². The highest BCUT2D eigenvalue weighted by Crippen LogP contribution is 2.24. The summed E-state index contributed by atoms with van der Waals surface area (Å²) in [6.45, 7) is 1.34. The highest BCUT2D eigenvalue weighted by atomic mass is 16.1. The fourth-order valence-electron chi connectivity index (χ4n) is 3.37. The lowest BCUT2D eigenvalue weighted by molar-refractivity contribution is 0.0952. The molecule has 0 spiro atoms. The number of rotatable bonds is 6. The molecule has 0 saturated carbocycles. The quantitative estimate of drug-likeness (QED) is 0.553. The van der Waals surface area contributed by atoms with E-state index in [0.717, 1.165) is 23.2 Å². The second kappa shape index (κ2) is 8.24. The average molecular weight is 385 g/mol. The van der Waals surface area contributed by atoms with Crippen LogP contribution < -0.4 is 5.32 Å². The summed E-state index contributed by atoms with van der Waals surface area (Å²) in [4.78, 5) is 19.1. The van der Waals surface area contributed by atoms with Crippen LogP contribution >= 0.6 is 0 Å². The molecule has 0 aliphatic rings. The molecule has 1 N–H and O–H groups in total. The smallest absolute Gasteiger partial charge is 0.257 e. The molecule has 0 fully saturated rings. The van der Waals surface area contributed by atoms with Crippen LogP contribution in [0.15, 0.2) is 73.2 Å². The van der Waals surface area contributed by atoms with E-state index in [9.17, 15) is 4.79 Å². The molecule has 0 atom stereocenters. The third-order valence-corrected chi connectivity index (χ3v) is 4.74. The first-order valence-electron chi connectivity index (χ1n) is 9.50. The number of fused-ring (bicyclic) bond motifs is 1. The number of carbonyl (C=O) groups is 1. The summed E-state index contributed by atoms with van der Waals surface area (Å²) >= 11 is 0. The first-order valence-corrected chi connectivity index (χ1v) is 9.50. The molecule has 0 aliphatic carbocycles. The molecule has 2 aromatic heterocycles. The van der Waals surface area contributed by atoms with Gasteiger partial charge in [-0.3, -0.25) is 4.79 Å². The van der Waals surface area contributed by atoms with Crippen LogP contribution in [-0.2, 0) is 13.1 Å². The van der Waals surface area contributed by atoms with Crippen LogP contribution in [0.4, 0.5) is 0 Å². The molecule has 0 bridgehead atoms. The Kier molecular flexibility index (Phi) is 5.35. The van der Waals surface area contributed by atoms with Crippen molar-refractivity contribution >= 4 is 11.6 Å². The average Bonchev–Trinajstić information content (AvgIpc) is 3.17. The van der Waals surface area contributed by atoms with E-state index in [4.69, 9.17) is 0 Å². The van der Waals surface area contributed by atoms with Crippen LogP contribution in [0.25, 0.3) is 16.8 Å². The van der Waals surface area contributed by atoms with Gasteiger partial charge in [-0.1, -0.05) is 48.5 Å². The Morgan fingerprint density at radius 3 is 2.66 bits per heavy atom. The van der Waals surface area contributed by atoms with Gasteiger partial charge in [-0.25, -0.2) is 9.50 Å². The van der Waals surface area contributed by atoms with Crippen molar-refractivity contribution in [3.8, 4) is 11.1 Å². The maximum Gasteiger partial charge on any atom is 0.257 e. The zero-order valence-electron chi connectivity index (χ0n) is 16.5. The van der Waals surface area contributed by atoms with Gasteiger partial charge in [-0.05, 0) is 42.4 Å². The van der Waals surface area contributed by atoms with Gasteiger partial charge in [0.15, 0.2) is 5.65 Å². The molecule has 0 radical (unpaired) electrons. The van der Waals surface area contributed by atoms with E-state index in [1.54, 1.807) is 29.2 Å². The van der Waals surface area contributed by atoms with Crippen molar-refractivity contribution in [1.29, 1.82) is 0 Å². The van der Waals surface area contributed by atoms with Gasteiger partial charge < -0.3 is 10.2 Å². The summed E-state index contributed by atoms with van der Waals surface area (Å²) in [5.41, 5.74) is 5.60. The largest absolute Gasteiger partial charge is 0.348 e. The molecule has 2 aromatic carbocycles. The van der Waals surface area contributed by atoms with Crippen LogP contribution in [0, 0.1) is 0 Å². The third kappa shape index (κ3) is 4.17. The summed E-state index contributed by atoms with van der Waals surface area (Å²) in [6, 6.07) is 18.5. The van der Waals surface area contributed by atoms with Crippen molar-refractivity contribution in [2.75, 3.05) is 14.1 Å².